The Morgan fingerprint density at radius 3 is 2.71 bits per heavy atom. The number of anilines is 1. The van der Waals surface area contributed by atoms with E-state index in [4.69, 9.17) is 5.73 Å². The fourth-order valence-electron chi connectivity index (χ4n) is 5.10. The van der Waals surface area contributed by atoms with E-state index in [-0.39, 0.29) is 28.8 Å². The maximum atomic E-state index is 15.3. The number of amides is 1. The molecular weight excluding hydrogens is 403 g/mol. The summed E-state index contributed by atoms with van der Waals surface area (Å²) in [7, 11) is 0. The molecule has 2 saturated carbocycles. The quantitative estimate of drug-likeness (QED) is 0.662. The van der Waals surface area contributed by atoms with E-state index in [1.807, 2.05) is 4.90 Å². The number of nitrogens with zero attached hydrogens (tertiary/aromatic N) is 2. The fourth-order valence-corrected chi connectivity index (χ4v) is 5.10. The van der Waals surface area contributed by atoms with Gasteiger partial charge in [-0.15, -0.1) is 0 Å². The van der Waals surface area contributed by atoms with E-state index in [1.54, 1.807) is 13.8 Å². The predicted molar refractivity (Wildman–Crippen MR) is 112 cm³/mol. The zero-order valence-electron chi connectivity index (χ0n) is 17.4. The van der Waals surface area contributed by atoms with Crippen molar-refractivity contribution in [2.24, 2.45) is 11.7 Å². The number of nitrogens with two attached hydrogens (primary N) is 1. The molecule has 3 aliphatic rings. The number of aromatic nitrogens is 1. The Bertz CT molecular complexity index is 1200. The van der Waals surface area contributed by atoms with Crippen LogP contribution in [0.15, 0.2) is 17.1 Å². The average molecular weight is 428 g/mol. The molecule has 5 rings (SSSR count). The number of nitrogens with one attached hydrogen (secondary N) is 1. The van der Waals surface area contributed by atoms with Crippen LogP contribution in [0.2, 0.25) is 0 Å². The minimum absolute atomic E-state index is 0.175. The smallest absolute Gasteiger partial charge is 0.341 e. The van der Waals surface area contributed by atoms with E-state index >= 15 is 4.39 Å². The average Bonchev–Trinajstić information content (AvgIpc) is 3.60. The maximum absolute atomic E-state index is 15.3. The Morgan fingerprint density at radius 1 is 1.39 bits per heavy atom. The topological polar surface area (TPSA) is 117 Å². The Labute approximate surface area is 177 Å². The Hall–Kier alpha value is -2.94. The second kappa shape index (κ2) is 6.53. The second-order valence-corrected chi connectivity index (χ2v) is 9.28. The van der Waals surface area contributed by atoms with Crippen LogP contribution in [0.25, 0.3) is 5.52 Å². The highest BCUT2D eigenvalue weighted by Crippen LogP contribution is 2.52. The highest BCUT2D eigenvalue weighted by atomic mass is 19.1. The summed E-state index contributed by atoms with van der Waals surface area (Å²) in [5, 5.41) is 12.5. The van der Waals surface area contributed by atoms with Gasteiger partial charge in [0.05, 0.1) is 29.0 Å². The lowest BCUT2D eigenvalue weighted by atomic mass is 10.0. The number of carbonyl (C=O) groups is 2. The number of carbonyl (C=O) groups excluding carboxylic acids is 1. The number of carboxylic acid groups (broad SMARTS) is 1. The van der Waals surface area contributed by atoms with Crippen LogP contribution < -0.4 is 21.5 Å². The molecule has 0 bridgehead atoms. The molecule has 4 N–H and O–H groups in total. The number of rotatable bonds is 5. The molecule has 2 aliphatic carbocycles. The first-order valence-electron chi connectivity index (χ1n) is 10.6. The van der Waals surface area contributed by atoms with Gasteiger partial charge in [-0.2, -0.15) is 0 Å². The van der Waals surface area contributed by atoms with Crippen LogP contribution in [0.4, 0.5) is 10.1 Å². The number of fused-ring (bicyclic) bond motifs is 2. The summed E-state index contributed by atoms with van der Waals surface area (Å²) in [6.45, 7) is 4.48. The molecule has 1 saturated heterocycles. The van der Waals surface area contributed by atoms with E-state index in [0.717, 1.165) is 35.4 Å². The van der Waals surface area contributed by atoms with Crippen LogP contribution in [-0.4, -0.2) is 46.1 Å². The van der Waals surface area contributed by atoms with Gasteiger partial charge < -0.3 is 21.1 Å². The van der Waals surface area contributed by atoms with E-state index in [0.29, 0.717) is 29.9 Å². The number of halogens is 1. The fraction of sp³-hybridized carbons (Fsp3) is 0.500. The third kappa shape index (κ3) is 3.02. The standard InChI is InChI=1S/C22H25FN4O4/c1-10-17-14(12-3-4-12)5-15(21(30)31)20(29)27(17)8-16(23)18(10)26-7-13-6-22(13,9-26)25-19(28)11(2)24/h5,8,11-13H,3-4,6-7,9,24H2,1-2H3,(H,25,28)(H,30,31)/t11-,13?,22?/m0/s1. The first kappa shape index (κ1) is 20.0. The van der Waals surface area contributed by atoms with Gasteiger partial charge in [0.25, 0.3) is 5.56 Å². The van der Waals surface area contributed by atoms with Gasteiger partial charge in [0.15, 0.2) is 5.82 Å². The Balaban J connectivity index is 1.59. The van der Waals surface area contributed by atoms with Gasteiger partial charge in [0.1, 0.15) is 5.56 Å². The lowest BCUT2D eigenvalue weighted by Crippen LogP contribution is -2.48. The summed E-state index contributed by atoms with van der Waals surface area (Å²) in [4.78, 5) is 38.3. The van der Waals surface area contributed by atoms with E-state index in [9.17, 15) is 19.5 Å². The molecule has 164 valence electrons. The molecule has 31 heavy (non-hydrogen) atoms. The SMILES string of the molecule is Cc1c(N2CC3CC3(NC(=O)[C@H](C)N)C2)c(F)cn2c(=O)c(C(=O)O)cc(C3CC3)c12. The molecule has 3 fully saturated rings. The molecule has 3 atom stereocenters. The number of pyridine rings is 2. The largest absolute Gasteiger partial charge is 0.477 e. The highest BCUT2D eigenvalue weighted by molar-refractivity contribution is 5.89. The van der Waals surface area contributed by atoms with E-state index < -0.39 is 23.4 Å². The lowest BCUT2D eigenvalue weighted by Gasteiger charge is -2.27. The lowest BCUT2D eigenvalue weighted by molar-refractivity contribution is -0.122. The number of carboxylic acids is 1. The monoisotopic (exact) mass is 428 g/mol. The Kier molecular flexibility index (Phi) is 4.21. The van der Waals surface area contributed by atoms with Crippen LogP contribution >= 0.6 is 0 Å². The minimum atomic E-state index is -1.31. The minimum Gasteiger partial charge on any atom is -0.477 e. The van der Waals surface area contributed by atoms with Gasteiger partial charge in [-0.1, -0.05) is 0 Å². The van der Waals surface area contributed by atoms with Crippen LogP contribution in [0.3, 0.4) is 0 Å². The van der Waals surface area contributed by atoms with Crippen molar-refractivity contribution in [2.75, 3.05) is 18.0 Å². The molecule has 1 aliphatic heterocycles. The summed E-state index contributed by atoms with van der Waals surface area (Å²) in [5.74, 6) is -1.70. The number of hydrogen-bond acceptors (Lipinski definition) is 5. The molecule has 0 aromatic carbocycles. The van der Waals surface area contributed by atoms with Crippen molar-refractivity contribution >= 4 is 23.1 Å². The first-order valence-corrected chi connectivity index (χ1v) is 10.6. The second-order valence-electron chi connectivity index (χ2n) is 9.28. The van der Waals surface area contributed by atoms with Crippen molar-refractivity contribution in [1.82, 2.24) is 9.72 Å². The van der Waals surface area contributed by atoms with Gasteiger partial charge in [-0.25, -0.2) is 9.18 Å². The predicted octanol–water partition coefficient (Wildman–Crippen LogP) is 1.36. The molecule has 8 nitrogen and oxygen atoms in total. The third-order valence-corrected chi connectivity index (χ3v) is 6.94. The number of hydrogen-bond donors (Lipinski definition) is 3. The van der Waals surface area contributed by atoms with Gasteiger partial charge in [-0.3, -0.25) is 14.0 Å². The van der Waals surface area contributed by atoms with Crippen molar-refractivity contribution in [3.63, 3.8) is 0 Å². The van der Waals surface area contributed by atoms with Gasteiger partial charge >= 0.3 is 5.97 Å². The molecule has 0 radical (unpaired) electrons. The summed E-state index contributed by atoms with van der Waals surface area (Å²) >= 11 is 0. The summed E-state index contributed by atoms with van der Waals surface area (Å²) in [6, 6.07) is 0.846. The number of aromatic carboxylic acids is 1. The molecule has 0 spiro atoms. The summed E-state index contributed by atoms with van der Waals surface area (Å²) in [5.41, 5.74) is 6.62. The van der Waals surface area contributed by atoms with E-state index in [2.05, 4.69) is 5.32 Å². The zero-order valence-corrected chi connectivity index (χ0v) is 17.4. The van der Waals surface area contributed by atoms with Crippen molar-refractivity contribution < 1.29 is 19.1 Å². The van der Waals surface area contributed by atoms with Crippen molar-refractivity contribution in [2.45, 2.75) is 50.6 Å². The molecule has 1 amide bonds. The molecule has 2 aromatic heterocycles. The van der Waals surface area contributed by atoms with Crippen LogP contribution in [0.1, 0.15) is 53.6 Å². The molecule has 2 unspecified atom stereocenters. The van der Waals surface area contributed by atoms with Crippen molar-refractivity contribution in [3.05, 3.63) is 45.1 Å². The van der Waals surface area contributed by atoms with Crippen molar-refractivity contribution in [1.29, 1.82) is 0 Å². The van der Waals surface area contributed by atoms with Gasteiger partial charge in [-0.05, 0) is 56.2 Å². The third-order valence-electron chi connectivity index (χ3n) is 6.94. The van der Waals surface area contributed by atoms with Gasteiger partial charge in [0, 0.05) is 19.0 Å². The summed E-state index contributed by atoms with van der Waals surface area (Å²) in [6.07, 6.45) is 3.77. The number of piperidine rings is 1. The highest BCUT2D eigenvalue weighted by Gasteiger charge is 2.61. The molecule has 2 aromatic rings. The molecular formula is C22H25FN4O4. The van der Waals surface area contributed by atoms with Crippen LogP contribution in [0.5, 0.6) is 0 Å². The summed E-state index contributed by atoms with van der Waals surface area (Å²) < 4.78 is 16.4. The molecule has 3 heterocycles. The Morgan fingerprint density at radius 2 is 2.10 bits per heavy atom. The van der Waals surface area contributed by atoms with Crippen LogP contribution in [-0.2, 0) is 4.79 Å². The van der Waals surface area contributed by atoms with Gasteiger partial charge in [0.2, 0.25) is 5.91 Å². The number of aryl methyl sites for hydroxylation is 1. The molecule has 9 heteroatoms. The van der Waals surface area contributed by atoms with Crippen molar-refractivity contribution in [3.8, 4) is 0 Å². The zero-order chi connectivity index (χ0) is 22.2. The van der Waals surface area contributed by atoms with E-state index in [1.165, 1.54) is 6.07 Å². The first-order chi connectivity index (χ1) is 14.6. The normalized spacial score (nSPS) is 25.4. The van der Waals surface area contributed by atoms with Crippen LogP contribution in [0, 0.1) is 18.7 Å². The maximum Gasteiger partial charge on any atom is 0.341 e.